The first-order valence-electron chi connectivity index (χ1n) is 16.2. The molecular weight excluding hydrogens is 652 g/mol. The number of ketones is 1. The van der Waals surface area contributed by atoms with Crippen LogP contribution in [0.2, 0.25) is 0 Å². The number of carbonyl (C=O) groups excluding carboxylic acids is 3. The van der Waals surface area contributed by atoms with E-state index in [0.717, 1.165) is 16.3 Å². The molecule has 1 saturated heterocycles. The van der Waals surface area contributed by atoms with E-state index >= 15 is 0 Å². The Morgan fingerprint density at radius 1 is 0.863 bits per heavy atom. The fourth-order valence-electron chi connectivity index (χ4n) is 5.87. The number of nitrogens with one attached hydrogen (secondary N) is 1. The predicted molar refractivity (Wildman–Crippen MR) is 187 cm³/mol. The summed E-state index contributed by atoms with van der Waals surface area (Å²) < 4.78 is 21.6. The zero-order valence-electron chi connectivity index (χ0n) is 27.2. The van der Waals surface area contributed by atoms with Gasteiger partial charge in [0.25, 0.3) is 0 Å². The van der Waals surface area contributed by atoms with E-state index in [2.05, 4.69) is 14.7 Å². The van der Waals surface area contributed by atoms with Crippen molar-refractivity contribution in [3.63, 3.8) is 0 Å². The van der Waals surface area contributed by atoms with Crippen LogP contribution in [0.15, 0.2) is 131 Å². The molecule has 12 nitrogen and oxygen atoms in total. The van der Waals surface area contributed by atoms with Gasteiger partial charge in [-0.05, 0) is 64.4 Å². The molecule has 5 aromatic carbocycles. The molecule has 0 spiro atoms. The van der Waals surface area contributed by atoms with E-state index in [4.69, 9.17) is 19.9 Å². The fourth-order valence-corrected chi connectivity index (χ4v) is 5.87. The van der Waals surface area contributed by atoms with Crippen molar-refractivity contribution >= 4 is 34.3 Å². The summed E-state index contributed by atoms with van der Waals surface area (Å²) in [7, 11) is 0. The number of rotatable bonds is 12. The van der Waals surface area contributed by atoms with Gasteiger partial charge in [-0.1, -0.05) is 84.0 Å². The van der Waals surface area contributed by atoms with Crippen molar-refractivity contribution in [2.45, 2.75) is 24.7 Å². The number of esters is 1. The molecule has 2 unspecified atom stereocenters. The standard InChI is InChI=1S/C39H32N4O8/c40-39(36(45)49-23-26-6-2-1-3-7-26,34(44)30-13-12-27-8-4-5-9-29(27)20-30)21-25-10-18-32(19-11-25)48-24-33-22-43(38(47)50-33)31-16-14-28(15-17-31)35-41-37(46)51-42-35/h1-20,33H,21-24,40H2,(H,41,42,46). The third kappa shape index (κ3) is 7.26. The summed E-state index contributed by atoms with van der Waals surface area (Å²) in [5, 5.41) is 5.47. The van der Waals surface area contributed by atoms with Gasteiger partial charge in [-0.2, -0.15) is 0 Å². The van der Waals surface area contributed by atoms with Gasteiger partial charge < -0.3 is 19.9 Å². The molecule has 256 valence electrons. The number of anilines is 1. The van der Waals surface area contributed by atoms with E-state index in [0.29, 0.717) is 28.1 Å². The molecule has 1 aliphatic rings. The summed E-state index contributed by atoms with van der Waals surface area (Å²) >= 11 is 0. The van der Waals surface area contributed by atoms with Gasteiger partial charge in [-0.15, -0.1) is 0 Å². The van der Waals surface area contributed by atoms with Crippen LogP contribution in [0, 0.1) is 0 Å². The maximum absolute atomic E-state index is 14.0. The molecule has 0 aliphatic carbocycles. The average Bonchev–Trinajstić information content (AvgIpc) is 3.78. The molecule has 1 fully saturated rings. The highest BCUT2D eigenvalue weighted by molar-refractivity contribution is 6.17. The van der Waals surface area contributed by atoms with Crippen LogP contribution < -0.4 is 21.1 Å². The van der Waals surface area contributed by atoms with Gasteiger partial charge in [0.1, 0.15) is 19.0 Å². The van der Waals surface area contributed by atoms with E-state index in [1.165, 1.54) is 4.90 Å². The van der Waals surface area contributed by atoms with Gasteiger partial charge in [0.15, 0.2) is 23.3 Å². The second-order valence-corrected chi connectivity index (χ2v) is 12.2. The molecule has 3 N–H and O–H groups in total. The van der Waals surface area contributed by atoms with Crippen molar-refractivity contribution in [3.05, 3.63) is 149 Å². The van der Waals surface area contributed by atoms with E-state index in [1.54, 1.807) is 60.7 Å². The number of fused-ring (bicyclic) bond motifs is 1. The zero-order valence-corrected chi connectivity index (χ0v) is 27.2. The molecule has 12 heteroatoms. The molecule has 2 heterocycles. The van der Waals surface area contributed by atoms with Crippen molar-refractivity contribution in [1.82, 2.24) is 10.1 Å². The molecule has 2 atom stereocenters. The molecule has 6 aromatic rings. The number of hydrogen-bond donors (Lipinski definition) is 2. The Kier molecular flexibility index (Phi) is 9.15. The van der Waals surface area contributed by atoms with Gasteiger partial charge >= 0.3 is 17.8 Å². The quantitative estimate of drug-likeness (QED) is 0.0961. The number of Topliss-reactive ketones (excluding diaryl/α,β-unsaturated/α-hetero) is 1. The molecule has 1 amide bonds. The molecule has 0 bridgehead atoms. The SMILES string of the molecule is NC(Cc1ccc(OCC2CN(c3ccc(-c4noc(=O)[nH]4)cc3)C(=O)O2)cc1)(C(=O)OCc1ccccc1)C(=O)c1ccc2ccccc2c1. The molecule has 1 aliphatic heterocycles. The number of hydrogen-bond acceptors (Lipinski definition) is 10. The maximum atomic E-state index is 14.0. The van der Waals surface area contributed by atoms with Crippen LogP contribution >= 0.6 is 0 Å². The van der Waals surface area contributed by atoms with E-state index in [1.807, 2.05) is 60.7 Å². The van der Waals surface area contributed by atoms with Gasteiger partial charge in [0.2, 0.25) is 0 Å². The molecule has 1 aromatic heterocycles. The number of H-pyrrole nitrogens is 1. The van der Waals surface area contributed by atoms with E-state index < -0.39 is 35.2 Å². The lowest BCUT2D eigenvalue weighted by atomic mass is 9.83. The lowest BCUT2D eigenvalue weighted by molar-refractivity contribution is -0.149. The summed E-state index contributed by atoms with van der Waals surface area (Å²) in [5.74, 6) is -1.27. The normalized spacial score (nSPS) is 15.3. The van der Waals surface area contributed by atoms with E-state index in [-0.39, 0.29) is 32.0 Å². The topological polar surface area (TPSA) is 167 Å². The second kappa shape index (κ2) is 14.1. The lowest BCUT2D eigenvalue weighted by Crippen LogP contribution is -2.57. The van der Waals surface area contributed by atoms with Crippen LogP contribution in [0.25, 0.3) is 22.2 Å². The smallest absolute Gasteiger partial charge is 0.439 e. The number of nitrogens with zero attached hydrogens (tertiary/aromatic N) is 2. The van der Waals surface area contributed by atoms with Crippen LogP contribution in [0.4, 0.5) is 10.5 Å². The number of ether oxygens (including phenoxy) is 3. The Hall–Kier alpha value is -6.53. The summed E-state index contributed by atoms with van der Waals surface area (Å²) in [5.41, 5.74) is 7.62. The Balaban J connectivity index is 1.01. The first kappa shape index (κ1) is 33.0. The number of cyclic esters (lactones) is 1. The first-order valence-corrected chi connectivity index (χ1v) is 16.2. The van der Waals surface area contributed by atoms with E-state index in [9.17, 15) is 19.2 Å². The predicted octanol–water partition coefficient (Wildman–Crippen LogP) is 5.45. The average molecular weight is 685 g/mol. The largest absolute Gasteiger partial charge is 0.490 e. The molecule has 51 heavy (non-hydrogen) atoms. The van der Waals surface area contributed by atoms with Gasteiger partial charge in [-0.25, -0.2) is 14.4 Å². The third-order valence-electron chi connectivity index (χ3n) is 8.60. The van der Waals surface area contributed by atoms with Crippen molar-refractivity contribution < 1.29 is 33.1 Å². The van der Waals surface area contributed by atoms with Crippen molar-refractivity contribution in [2.24, 2.45) is 5.73 Å². The lowest BCUT2D eigenvalue weighted by Gasteiger charge is -2.26. The van der Waals surface area contributed by atoms with Crippen LogP contribution in [0.3, 0.4) is 0 Å². The monoisotopic (exact) mass is 684 g/mol. The number of amides is 1. The number of carbonyl (C=O) groups is 3. The number of aromatic nitrogens is 2. The Morgan fingerprint density at radius 3 is 2.31 bits per heavy atom. The zero-order chi connectivity index (χ0) is 35.4. The Labute approximate surface area is 291 Å². The minimum atomic E-state index is -2.01. The second-order valence-electron chi connectivity index (χ2n) is 12.2. The van der Waals surface area contributed by atoms with Crippen molar-refractivity contribution in [1.29, 1.82) is 0 Å². The summed E-state index contributed by atoms with van der Waals surface area (Å²) in [6.45, 7) is 0.317. The Bertz CT molecular complexity index is 2250. The number of nitrogens with two attached hydrogens (primary N) is 1. The first-order chi connectivity index (χ1) is 24.7. The molecular formula is C39H32N4O8. The minimum absolute atomic E-state index is 0.0320. The van der Waals surface area contributed by atoms with Crippen molar-refractivity contribution in [2.75, 3.05) is 18.1 Å². The minimum Gasteiger partial charge on any atom is -0.490 e. The molecule has 0 radical (unpaired) electrons. The number of benzene rings is 5. The highest BCUT2D eigenvalue weighted by atomic mass is 16.6. The fraction of sp³-hybridized carbons (Fsp3) is 0.154. The van der Waals surface area contributed by atoms with Gasteiger partial charge in [0, 0.05) is 23.2 Å². The summed E-state index contributed by atoms with van der Waals surface area (Å²) in [6, 6.07) is 35.7. The summed E-state index contributed by atoms with van der Waals surface area (Å²) in [4.78, 5) is 55.5. The third-order valence-corrected chi connectivity index (χ3v) is 8.60. The van der Waals surface area contributed by atoms with Crippen LogP contribution in [0.1, 0.15) is 21.5 Å². The molecule has 0 saturated carbocycles. The van der Waals surface area contributed by atoms with Crippen LogP contribution in [-0.2, 0) is 27.3 Å². The maximum Gasteiger partial charge on any atom is 0.439 e. The van der Waals surface area contributed by atoms with Crippen molar-refractivity contribution in [3.8, 4) is 17.1 Å². The van der Waals surface area contributed by atoms with Gasteiger partial charge in [-0.3, -0.25) is 19.2 Å². The van der Waals surface area contributed by atoms with Crippen LogP contribution in [0.5, 0.6) is 5.75 Å². The molecule has 7 rings (SSSR count). The number of aromatic amines is 1. The van der Waals surface area contributed by atoms with Gasteiger partial charge in [0.05, 0.1) is 6.54 Å². The Morgan fingerprint density at radius 2 is 1.59 bits per heavy atom. The highest BCUT2D eigenvalue weighted by Gasteiger charge is 2.44. The highest BCUT2D eigenvalue weighted by Crippen LogP contribution is 2.27. The van der Waals surface area contributed by atoms with Crippen LogP contribution in [-0.4, -0.2) is 52.8 Å². The summed E-state index contributed by atoms with van der Waals surface area (Å²) in [6.07, 6.45) is -1.18.